The van der Waals surface area contributed by atoms with Crippen LogP contribution in [0.1, 0.15) is 35.0 Å². The summed E-state index contributed by atoms with van der Waals surface area (Å²) in [7, 11) is 0. The maximum Gasteiger partial charge on any atom is 0.257 e. The normalized spacial score (nSPS) is 15.6. The van der Waals surface area contributed by atoms with Crippen molar-refractivity contribution in [3.63, 3.8) is 0 Å². The van der Waals surface area contributed by atoms with Gasteiger partial charge in [0, 0.05) is 51.2 Å². The number of halogens is 1. The summed E-state index contributed by atoms with van der Waals surface area (Å²) in [6, 6.07) is 3.81. The molecule has 0 spiro atoms. The molecular weight excluding hydrogens is 338 g/mol. The maximum atomic E-state index is 12.8. The largest absolute Gasteiger partial charge is 0.336 e. The first-order chi connectivity index (χ1) is 12.1. The molecule has 0 radical (unpaired) electrons. The number of pyridine rings is 1. The van der Waals surface area contributed by atoms with Gasteiger partial charge in [0.2, 0.25) is 0 Å². The van der Waals surface area contributed by atoms with Gasteiger partial charge in [-0.05, 0) is 25.0 Å². The van der Waals surface area contributed by atoms with Gasteiger partial charge in [0.05, 0.1) is 11.8 Å². The van der Waals surface area contributed by atoms with Crippen LogP contribution in [0.15, 0.2) is 24.5 Å². The second-order valence-corrected chi connectivity index (χ2v) is 6.81. The van der Waals surface area contributed by atoms with E-state index >= 15 is 0 Å². The highest BCUT2D eigenvalue weighted by atomic mass is 35.5. The fourth-order valence-corrected chi connectivity index (χ4v) is 3.24. The molecule has 0 saturated carbocycles. The van der Waals surface area contributed by atoms with Crippen molar-refractivity contribution in [3.05, 3.63) is 46.5 Å². The Balaban J connectivity index is 1.56. The van der Waals surface area contributed by atoms with Gasteiger partial charge in [-0.2, -0.15) is 5.10 Å². The molecular formula is C18H24ClN5O. The Morgan fingerprint density at radius 2 is 1.96 bits per heavy atom. The Bertz CT molecular complexity index is 720. The second-order valence-electron chi connectivity index (χ2n) is 6.42. The Hall–Kier alpha value is -1.92. The van der Waals surface area contributed by atoms with Gasteiger partial charge in [0.1, 0.15) is 5.15 Å². The monoisotopic (exact) mass is 361 g/mol. The molecule has 7 heteroatoms. The molecule has 2 aromatic rings. The lowest BCUT2D eigenvalue weighted by Crippen LogP contribution is -2.48. The fourth-order valence-electron chi connectivity index (χ4n) is 3.13. The molecule has 1 amide bonds. The Labute approximate surface area is 153 Å². The molecule has 1 saturated heterocycles. The molecule has 0 aromatic carbocycles. The summed E-state index contributed by atoms with van der Waals surface area (Å²) in [5.41, 5.74) is 2.83. The third kappa shape index (κ3) is 4.19. The SMILES string of the molecule is CCCn1ncc(C(=O)N2CCN(Cc3ccc(Cl)nc3)CC2)c1C. The number of rotatable bonds is 5. The lowest BCUT2D eigenvalue weighted by atomic mass is 10.2. The number of piperazine rings is 1. The van der Waals surface area contributed by atoms with Crippen molar-refractivity contribution < 1.29 is 4.79 Å². The summed E-state index contributed by atoms with van der Waals surface area (Å²) in [4.78, 5) is 21.2. The van der Waals surface area contributed by atoms with E-state index in [4.69, 9.17) is 11.6 Å². The highest BCUT2D eigenvalue weighted by Crippen LogP contribution is 2.15. The summed E-state index contributed by atoms with van der Waals surface area (Å²) in [6.45, 7) is 8.95. The summed E-state index contributed by atoms with van der Waals surface area (Å²) in [5, 5.41) is 4.85. The molecule has 1 aliphatic heterocycles. The van der Waals surface area contributed by atoms with E-state index in [9.17, 15) is 4.79 Å². The number of hydrogen-bond acceptors (Lipinski definition) is 4. The van der Waals surface area contributed by atoms with E-state index in [0.29, 0.717) is 5.15 Å². The van der Waals surface area contributed by atoms with Crippen LogP contribution in [0.5, 0.6) is 0 Å². The van der Waals surface area contributed by atoms with E-state index in [1.165, 1.54) is 0 Å². The number of aromatic nitrogens is 3. The molecule has 0 N–H and O–H groups in total. The van der Waals surface area contributed by atoms with Gasteiger partial charge in [-0.15, -0.1) is 0 Å². The zero-order valence-electron chi connectivity index (χ0n) is 14.8. The quantitative estimate of drug-likeness (QED) is 0.768. The van der Waals surface area contributed by atoms with Gasteiger partial charge in [-0.3, -0.25) is 14.4 Å². The molecule has 0 unspecified atom stereocenters. The second kappa shape index (κ2) is 7.97. The number of carbonyl (C=O) groups is 1. The summed E-state index contributed by atoms with van der Waals surface area (Å²) in [6.07, 6.45) is 4.53. The Morgan fingerprint density at radius 1 is 1.20 bits per heavy atom. The average Bonchev–Trinajstić information content (AvgIpc) is 2.98. The number of amides is 1. The van der Waals surface area contributed by atoms with Gasteiger partial charge >= 0.3 is 0 Å². The number of nitrogens with zero attached hydrogens (tertiary/aromatic N) is 5. The first-order valence-electron chi connectivity index (χ1n) is 8.73. The van der Waals surface area contributed by atoms with Crippen LogP contribution >= 0.6 is 11.6 Å². The summed E-state index contributed by atoms with van der Waals surface area (Å²) in [5.74, 6) is 0.0904. The minimum absolute atomic E-state index is 0.0904. The van der Waals surface area contributed by atoms with E-state index in [2.05, 4.69) is 21.9 Å². The predicted molar refractivity (Wildman–Crippen MR) is 97.7 cm³/mol. The van der Waals surface area contributed by atoms with Crippen LogP contribution in [0, 0.1) is 6.92 Å². The smallest absolute Gasteiger partial charge is 0.257 e. The highest BCUT2D eigenvalue weighted by Gasteiger charge is 2.24. The van der Waals surface area contributed by atoms with Crippen molar-refractivity contribution in [2.24, 2.45) is 0 Å². The standard InChI is InChI=1S/C18H24ClN5O/c1-3-6-24-14(2)16(12-21-24)18(25)23-9-7-22(8-10-23)13-15-4-5-17(19)20-11-15/h4-5,11-12H,3,6-10,13H2,1-2H3. The van der Waals surface area contributed by atoms with Crippen LogP contribution in [-0.4, -0.2) is 56.7 Å². The van der Waals surface area contributed by atoms with Crippen molar-refractivity contribution >= 4 is 17.5 Å². The maximum absolute atomic E-state index is 12.8. The third-order valence-corrected chi connectivity index (χ3v) is 4.85. The van der Waals surface area contributed by atoms with Crippen molar-refractivity contribution in [1.29, 1.82) is 0 Å². The molecule has 134 valence electrons. The lowest BCUT2D eigenvalue weighted by Gasteiger charge is -2.34. The predicted octanol–water partition coefficient (Wildman–Crippen LogP) is 2.61. The van der Waals surface area contributed by atoms with E-state index in [0.717, 1.165) is 62.5 Å². The molecule has 1 fully saturated rings. The minimum atomic E-state index is 0.0904. The molecule has 2 aromatic heterocycles. The van der Waals surface area contributed by atoms with Crippen LogP contribution in [0.25, 0.3) is 0 Å². The number of hydrogen-bond donors (Lipinski definition) is 0. The molecule has 3 heterocycles. The first kappa shape index (κ1) is 17.9. The van der Waals surface area contributed by atoms with E-state index in [1.54, 1.807) is 6.20 Å². The van der Waals surface area contributed by atoms with E-state index < -0.39 is 0 Å². The molecule has 0 aliphatic carbocycles. The Morgan fingerprint density at radius 3 is 2.60 bits per heavy atom. The minimum Gasteiger partial charge on any atom is -0.336 e. The zero-order chi connectivity index (χ0) is 17.8. The molecule has 0 atom stereocenters. The van der Waals surface area contributed by atoms with Gasteiger partial charge in [-0.1, -0.05) is 24.6 Å². The van der Waals surface area contributed by atoms with Gasteiger partial charge < -0.3 is 4.90 Å². The Kier molecular flexibility index (Phi) is 5.71. The lowest BCUT2D eigenvalue weighted by molar-refractivity contribution is 0.0627. The van der Waals surface area contributed by atoms with E-state index in [1.807, 2.05) is 34.8 Å². The van der Waals surface area contributed by atoms with Gasteiger partial charge in [0.25, 0.3) is 5.91 Å². The molecule has 1 aliphatic rings. The van der Waals surface area contributed by atoms with Crippen LogP contribution in [0.3, 0.4) is 0 Å². The van der Waals surface area contributed by atoms with E-state index in [-0.39, 0.29) is 5.91 Å². The van der Waals surface area contributed by atoms with Crippen molar-refractivity contribution in [2.45, 2.75) is 33.4 Å². The third-order valence-electron chi connectivity index (χ3n) is 4.62. The van der Waals surface area contributed by atoms with Crippen LogP contribution in [0.2, 0.25) is 5.15 Å². The molecule has 0 bridgehead atoms. The fraction of sp³-hybridized carbons (Fsp3) is 0.500. The van der Waals surface area contributed by atoms with Crippen LogP contribution in [-0.2, 0) is 13.1 Å². The van der Waals surface area contributed by atoms with Crippen LogP contribution < -0.4 is 0 Å². The van der Waals surface area contributed by atoms with Crippen molar-refractivity contribution in [3.8, 4) is 0 Å². The first-order valence-corrected chi connectivity index (χ1v) is 9.10. The van der Waals surface area contributed by atoms with Crippen LogP contribution in [0.4, 0.5) is 0 Å². The van der Waals surface area contributed by atoms with Crippen molar-refractivity contribution in [1.82, 2.24) is 24.6 Å². The topological polar surface area (TPSA) is 54.3 Å². The zero-order valence-corrected chi connectivity index (χ0v) is 15.5. The van der Waals surface area contributed by atoms with Gasteiger partial charge in [0.15, 0.2) is 0 Å². The van der Waals surface area contributed by atoms with Crippen molar-refractivity contribution in [2.75, 3.05) is 26.2 Å². The summed E-state index contributed by atoms with van der Waals surface area (Å²) < 4.78 is 1.91. The molecule has 3 rings (SSSR count). The number of carbonyl (C=O) groups excluding carboxylic acids is 1. The molecule has 6 nitrogen and oxygen atoms in total. The molecule has 25 heavy (non-hydrogen) atoms. The summed E-state index contributed by atoms with van der Waals surface area (Å²) >= 11 is 5.83. The van der Waals surface area contributed by atoms with Gasteiger partial charge in [-0.25, -0.2) is 4.98 Å². The highest BCUT2D eigenvalue weighted by molar-refractivity contribution is 6.29. The average molecular weight is 362 g/mol. The number of aryl methyl sites for hydroxylation is 1.